The summed E-state index contributed by atoms with van der Waals surface area (Å²) >= 11 is 0. The van der Waals surface area contributed by atoms with Crippen LogP contribution < -0.4 is 5.73 Å². The van der Waals surface area contributed by atoms with Crippen molar-refractivity contribution in [1.82, 2.24) is 14.7 Å². The lowest BCUT2D eigenvalue weighted by Gasteiger charge is -2.45. The van der Waals surface area contributed by atoms with Crippen LogP contribution in [0.15, 0.2) is 6.07 Å². The standard InChI is InChI=1S/C17H32N4/c1-5-20(6-2)17(10-8-9-11-17)16(18)13-15-12-14(4)19-21(15)7-3/h12,16H,5-11,13,18H2,1-4H3. The van der Waals surface area contributed by atoms with Crippen LogP contribution in [0.1, 0.15) is 57.8 Å². The Morgan fingerprint density at radius 3 is 2.43 bits per heavy atom. The van der Waals surface area contributed by atoms with Crippen molar-refractivity contribution in [2.24, 2.45) is 5.73 Å². The third-order valence-electron chi connectivity index (χ3n) is 5.27. The van der Waals surface area contributed by atoms with E-state index in [2.05, 4.69) is 48.4 Å². The maximum Gasteiger partial charge on any atom is 0.0596 e. The van der Waals surface area contributed by atoms with E-state index in [-0.39, 0.29) is 11.6 Å². The molecule has 4 nitrogen and oxygen atoms in total. The van der Waals surface area contributed by atoms with Crippen LogP contribution in [0.25, 0.3) is 0 Å². The Morgan fingerprint density at radius 1 is 1.29 bits per heavy atom. The highest BCUT2D eigenvalue weighted by atomic mass is 15.3. The van der Waals surface area contributed by atoms with Crippen LogP contribution in [-0.4, -0.2) is 39.4 Å². The summed E-state index contributed by atoms with van der Waals surface area (Å²) in [4.78, 5) is 2.60. The first-order valence-corrected chi connectivity index (χ1v) is 8.61. The van der Waals surface area contributed by atoms with Crippen molar-refractivity contribution in [2.45, 2.75) is 77.9 Å². The van der Waals surface area contributed by atoms with Crippen molar-refractivity contribution < 1.29 is 0 Å². The lowest BCUT2D eigenvalue weighted by Crippen LogP contribution is -2.59. The number of likely N-dealkylation sites (N-methyl/N-ethyl adjacent to an activating group) is 1. The van der Waals surface area contributed by atoms with Crippen LogP contribution in [0.5, 0.6) is 0 Å². The van der Waals surface area contributed by atoms with Gasteiger partial charge in [-0.2, -0.15) is 5.10 Å². The van der Waals surface area contributed by atoms with Crippen molar-refractivity contribution in [3.63, 3.8) is 0 Å². The molecule has 1 aromatic heterocycles. The van der Waals surface area contributed by atoms with E-state index in [1.807, 2.05) is 0 Å². The van der Waals surface area contributed by atoms with Gasteiger partial charge in [-0.15, -0.1) is 0 Å². The minimum absolute atomic E-state index is 0.195. The van der Waals surface area contributed by atoms with Gasteiger partial charge in [-0.1, -0.05) is 26.7 Å². The molecule has 1 atom stereocenters. The molecule has 1 aliphatic rings. The van der Waals surface area contributed by atoms with Gasteiger partial charge in [0.1, 0.15) is 0 Å². The maximum absolute atomic E-state index is 6.75. The molecule has 0 aromatic carbocycles. The first-order chi connectivity index (χ1) is 10.1. The highest BCUT2D eigenvalue weighted by molar-refractivity contribution is 5.14. The molecule has 1 fully saturated rings. The third kappa shape index (κ3) is 3.16. The zero-order valence-electron chi connectivity index (χ0n) is 14.2. The number of hydrogen-bond donors (Lipinski definition) is 1. The van der Waals surface area contributed by atoms with Crippen LogP contribution in [0.2, 0.25) is 0 Å². The Morgan fingerprint density at radius 2 is 1.90 bits per heavy atom. The highest BCUT2D eigenvalue weighted by Gasteiger charge is 2.43. The van der Waals surface area contributed by atoms with Gasteiger partial charge in [-0.25, -0.2) is 0 Å². The zero-order valence-corrected chi connectivity index (χ0v) is 14.2. The van der Waals surface area contributed by atoms with Gasteiger partial charge in [-0.05, 0) is 45.8 Å². The first kappa shape index (κ1) is 16.5. The molecule has 0 radical (unpaired) electrons. The fourth-order valence-corrected chi connectivity index (χ4v) is 4.21. The first-order valence-electron chi connectivity index (χ1n) is 8.61. The quantitative estimate of drug-likeness (QED) is 0.840. The largest absolute Gasteiger partial charge is 0.326 e. The smallest absolute Gasteiger partial charge is 0.0596 e. The Kier molecular flexibility index (Phi) is 5.44. The fourth-order valence-electron chi connectivity index (χ4n) is 4.21. The maximum atomic E-state index is 6.75. The molecule has 2 rings (SSSR count). The van der Waals surface area contributed by atoms with Gasteiger partial charge in [0.25, 0.3) is 0 Å². The summed E-state index contributed by atoms with van der Waals surface area (Å²) in [5, 5.41) is 4.56. The number of aryl methyl sites for hydroxylation is 2. The van der Waals surface area contributed by atoms with Gasteiger partial charge in [0.2, 0.25) is 0 Å². The molecular formula is C17H32N4. The molecule has 1 saturated carbocycles. The monoisotopic (exact) mass is 292 g/mol. The molecule has 0 aliphatic heterocycles. The Balaban J connectivity index is 2.21. The zero-order chi connectivity index (χ0) is 15.5. The minimum atomic E-state index is 0.195. The Bertz CT molecular complexity index is 442. The molecule has 21 heavy (non-hydrogen) atoms. The average Bonchev–Trinajstić information content (AvgIpc) is 3.08. The fraction of sp³-hybridized carbons (Fsp3) is 0.824. The molecule has 0 spiro atoms. The molecule has 4 heteroatoms. The van der Waals surface area contributed by atoms with E-state index >= 15 is 0 Å². The topological polar surface area (TPSA) is 47.1 Å². The normalized spacial score (nSPS) is 19.3. The second-order valence-corrected chi connectivity index (χ2v) is 6.39. The van der Waals surface area contributed by atoms with Crippen LogP contribution in [0, 0.1) is 6.92 Å². The van der Waals surface area contributed by atoms with E-state index in [4.69, 9.17) is 5.73 Å². The predicted octanol–water partition coefficient (Wildman–Crippen LogP) is 2.74. The van der Waals surface area contributed by atoms with Gasteiger partial charge in [0.15, 0.2) is 0 Å². The van der Waals surface area contributed by atoms with E-state index in [0.29, 0.717) is 0 Å². The molecular weight excluding hydrogens is 260 g/mol. The van der Waals surface area contributed by atoms with Crippen LogP contribution in [-0.2, 0) is 13.0 Å². The van der Waals surface area contributed by atoms with E-state index in [1.54, 1.807) is 0 Å². The van der Waals surface area contributed by atoms with Crippen molar-refractivity contribution in [3.8, 4) is 0 Å². The third-order valence-corrected chi connectivity index (χ3v) is 5.27. The van der Waals surface area contributed by atoms with Crippen LogP contribution in [0.4, 0.5) is 0 Å². The number of hydrogen-bond acceptors (Lipinski definition) is 3. The molecule has 1 heterocycles. The highest BCUT2D eigenvalue weighted by Crippen LogP contribution is 2.38. The van der Waals surface area contributed by atoms with Crippen LogP contribution in [0.3, 0.4) is 0 Å². The molecule has 0 saturated heterocycles. The minimum Gasteiger partial charge on any atom is -0.326 e. The summed E-state index contributed by atoms with van der Waals surface area (Å²) in [5.41, 5.74) is 9.33. The molecule has 1 unspecified atom stereocenters. The lowest BCUT2D eigenvalue weighted by atomic mass is 9.83. The van der Waals surface area contributed by atoms with Gasteiger partial charge in [0, 0.05) is 30.2 Å². The molecule has 2 N–H and O–H groups in total. The Hall–Kier alpha value is -0.870. The van der Waals surface area contributed by atoms with Crippen LogP contribution >= 0.6 is 0 Å². The predicted molar refractivity (Wildman–Crippen MR) is 88.4 cm³/mol. The second-order valence-electron chi connectivity index (χ2n) is 6.39. The van der Waals surface area contributed by atoms with Crippen molar-refractivity contribution in [3.05, 3.63) is 17.5 Å². The number of rotatable bonds is 7. The second kappa shape index (κ2) is 6.93. The summed E-state index contributed by atoms with van der Waals surface area (Å²) in [5.74, 6) is 0. The summed E-state index contributed by atoms with van der Waals surface area (Å²) in [7, 11) is 0. The lowest BCUT2D eigenvalue weighted by molar-refractivity contribution is 0.0765. The molecule has 120 valence electrons. The molecule has 0 bridgehead atoms. The van der Waals surface area contributed by atoms with Crippen molar-refractivity contribution >= 4 is 0 Å². The van der Waals surface area contributed by atoms with E-state index < -0.39 is 0 Å². The molecule has 1 aromatic rings. The summed E-state index contributed by atoms with van der Waals surface area (Å²) in [6.45, 7) is 11.8. The molecule has 1 aliphatic carbocycles. The van der Waals surface area contributed by atoms with Gasteiger partial charge in [0.05, 0.1) is 5.69 Å². The summed E-state index contributed by atoms with van der Waals surface area (Å²) in [6.07, 6.45) is 6.06. The van der Waals surface area contributed by atoms with E-state index in [1.165, 1.54) is 31.4 Å². The number of aromatic nitrogens is 2. The van der Waals surface area contributed by atoms with Crippen molar-refractivity contribution in [1.29, 1.82) is 0 Å². The number of nitrogens with two attached hydrogens (primary N) is 1. The van der Waals surface area contributed by atoms with Gasteiger partial charge < -0.3 is 5.73 Å². The van der Waals surface area contributed by atoms with E-state index in [9.17, 15) is 0 Å². The number of nitrogens with zero attached hydrogens (tertiary/aromatic N) is 3. The van der Waals surface area contributed by atoms with E-state index in [0.717, 1.165) is 31.7 Å². The average molecular weight is 292 g/mol. The van der Waals surface area contributed by atoms with Gasteiger partial charge in [-0.3, -0.25) is 9.58 Å². The van der Waals surface area contributed by atoms with Gasteiger partial charge >= 0.3 is 0 Å². The molecule has 0 amide bonds. The SMILES string of the molecule is CCN(CC)C1(C(N)Cc2cc(C)nn2CC)CCCC1. The summed E-state index contributed by atoms with van der Waals surface area (Å²) < 4.78 is 2.11. The summed E-state index contributed by atoms with van der Waals surface area (Å²) in [6, 6.07) is 2.40. The van der Waals surface area contributed by atoms with Crippen molar-refractivity contribution in [2.75, 3.05) is 13.1 Å². The Labute approximate surface area is 129 Å².